The number of aliphatic hydroxyl groups excluding tert-OH is 1. The fourth-order valence-corrected chi connectivity index (χ4v) is 2.99. The van der Waals surface area contributed by atoms with E-state index in [1.165, 1.54) is 32.1 Å². The van der Waals surface area contributed by atoms with Crippen LogP contribution < -0.4 is 5.32 Å². The monoisotopic (exact) mass is 257 g/mol. The lowest BCUT2D eigenvalue weighted by molar-refractivity contribution is -0.0483. The number of rotatable bonds is 7. The van der Waals surface area contributed by atoms with Crippen molar-refractivity contribution in [3.63, 3.8) is 0 Å². The third-order valence-electron chi connectivity index (χ3n) is 4.43. The second-order valence-electron chi connectivity index (χ2n) is 6.18. The molecule has 1 saturated carbocycles. The largest absolute Gasteiger partial charge is 0.394 e. The van der Waals surface area contributed by atoms with E-state index in [0.717, 1.165) is 12.3 Å². The van der Waals surface area contributed by atoms with Gasteiger partial charge in [-0.2, -0.15) is 0 Å². The van der Waals surface area contributed by atoms with E-state index in [1.807, 2.05) is 14.0 Å². The van der Waals surface area contributed by atoms with Gasteiger partial charge < -0.3 is 15.2 Å². The van der Waals surface area contributed by atoms with Crippen LogP contribution in [0.1, 0.15) is 59.3 Å². The molecule has 0 aromatic carbocycles. The van der Waals surface area contributed by atoms with Crippen LogP contribution in [0, 0.1) is 5.92 Å². The molecular weight excluding hydrogens is 226 g/mol. The Hall–Kier alpha value is -0.120. The van der Waals surface area contributed by atoms with Gasteiger partial charge in [-0.1, -0.05) is 26.2 Å². The topological polar surface area (TPSA) is 41.5 Å². The number of aliphatic hydroxyl groups is 1. The average molecular weight is 257 g/mol. The van der Waals surface area contributed by atoms with Crippen LogP contribution in [-0.2, 0) is 4.74 Å². The van der Waals surface area contributed by atoms with Crippen LogP contribution in [0.4, 0.5) is 0 Å². The normalized spacial score (nSPS) is 29.8. The second kappa shape index (κ2) is 7.46. The highest BCUT2D eigenvalue weighted by atomic mass is 16.5. The zero-order valence-electron chi connectivity index (χ0n) is 12.5. The maximum Gasteiger partial charge on any atom is 0.0611 e. The van der Waals surface area contributed by atoms with Crippen molar-refractivity contribution >= 4 is 0 Å². The number of nitrogens with one attached hydrogen (secondary N) is 1. The van der Waals surface area contributed by atoms with Crippen LogP contribution in [-0.4, -0.2) is 36.5 Å². The number of hydrogen-bond donors (Lipinski definition) is 2. The minimum atomic E-state index is -0.224. The van der Waals surface area contributed by atoms with E-state index in [9.17, 15) is 5.11 Å². The fourth-order valence-electron chi connectivity index (χ4n) is 2.99. The molecule has 0 amide bonds. The van der Waals surface area contributed by atoms with Crippen molar-refractivity contribution in [2.45, 2.75) is 77.0 Å². The van der Waals surface area contributed by atoms with E-state index in [-0.39, 0.29) is 18.2 Å². The van der Waals surface area contributed by atoms with Crippen molar-refractivity contribution in [3.8, 4) is 0 Å². The Kier molecular flexibility index (Phi) is 6.61. The molecule has 0 aliphatic heterocycles. The standard InChI is InChI=1S/C15H31NO2/c1-5-13-7-6-8-14(9-13)18-12(2)10-15(3,11-17)16-4/h12-14,16-17H,5-11H2,1-4H3. The Labute approximate surface area is 112 Å². The predicted octanol–water partition coefficient (Wildman–Crippen LogP) is 2.72. The van der Waals surface area contributed by atoms with Gasteiger partial charge in [0.05, 0.1) is 18.8 Å². The lowest BCUT2D eigenvalue weighted by atomic mass is 9.85. The molecule has 0 bridgehead atoms. The summed E-state index contributed by atoms with van der Waals surface area (Å²) in [6, 6.07) is 0. The maximum atomic E-state index is 9.40. The molecule has 0 spiro atoms. The molecule has 18 heavy (non-hydrogen) atoms. The Morgan fingerprint density at radius 2 is 2.17 bits per heavy atom. The highest BCUT2D eigenvalue weighted by Crippen LogP contribution is 2.29. The molecule has 1 aliphatic carbocycles. The van der Waals surface area contributed by atoms with Gasteiger partial charge in [0, 0.05) is 5.54 Å². The Morgan fingerprint density at radius 1 is 1.44 bits per heavy atom. The van der Waals surface area contributed by atoms with Gasteiger partial charge in [0.2, 0.25) is 0 Å². The molecule has 2 N–H and O–H groups in total. The molecule has 108 valence electrons. The van der Waals surface area contributed by atoms with Crippen LogP contribution >= 0.6 is 0 Å². The maximum absolute atomic E-state index is 9.40. The first-order valence-corrected chi connectivity index (χ1v) is 7.48. The van der Waals surface area contributed by atoms with Crippen LogP contribution in [0.5, 0.6) is 0 Å². The van der Waals surface area contributed by atoms with Crippen molar-refractivity contribution < 1.29 is 9.84 Å². The SMILES string of the molecule is CCC1CCCC(OC(C)CC(C)(CO)NC)C1. The Bertz CT molecular complexity index is 229. The number of likely N-dealkylation sites (N-methyl/N-ethyl adjacent to an activating group) is 1. The third kappa shape index (κ3) is 4.87. The smallest absolute Gasteiger partial charge is 0.0611 e. The summed E-state index contributed by atoms with van der Waals surface area (Å²) in [5, 5.41) is 12.6. The van der Waals surface area contributed by atoms with Gasteiger partial charge in [-0.15, -0.1) is 0 Å². The summed E-state index contributed by atoms with van der Waals surface area (Å²) in [5.41, 5.74) is -0.224. The summed E-state index contributed by atoms with van der Waals surface area (Å²) >= 11 is 0. The first-order valence-electron chi connectivity index (χ1n) is 7.48. The number of ether oxygens (including phenoxy) is 1. The van der Waals surface area contributed by atoms with Crippen LogP contribution in [0.25, 0.3) is 0 Å². The lowest BCUT2D eigenvalue weighted by Gasteiger charge is -2.34. The fraction of sp³-hybridized carbons (Fsp3) is 1.00. The molecule has 1 fully saturated rings. The summed E-state index contributed by atoms with van der Waals surface area (Å²) in [5.74, 6) is 0.851. The zero-order chi connectivity index (χ0) is 13.6. The molecule has 0 aromatic heterocycles. The van der Waals surface area contributed by atoms with E-state index in [2.05, 4.69) is 19.2 Å². The lowest BCUT2D eigenvalue weighted by Crippen LogP contribution is -2.46. The minimum Gasteiger partial charge on any atom is -0.394 e. The first kappa shape index (κ1) is 15.9. The van der Waals surface area contributed by atoms with Crippen molar-refractivity contribution in [3.05, 3.63) is 0 Å². The van der Waals surface area contributed by atoms with E-state index in [4.69, 9.17) is 4.74 Å². The number of hydrogen-bond acceptors (Lipinski definition) is 3. The first-order chi connectivity index (χ1) is 8.53. The molecule has 3 heteroatoms. The van der Waals surface area contributed by atoms with Gasteiger partial charge in [0.15, 0.2) is 0 Å². The van der Waals surface area contributed by atoms with Crippen molar-refractivity contribution in [1.29, 1.82) is 0 Å². The summed E-state index contributed by atoms with van der Waals surface area (Å²) in [6.07, 6.45) is 7.86. The highest BCUT2D eigenvalue weighted by molar-refractivity contribution is 4.84. The second-order valence-corrected chi connectivity index (χ2v) is 6.18. The molecule has 0 saturated heterocycles. The van der Waals surface area contributed by atoms with Crippen molar-refractivity contribution in [2.24, 2.45) is 5.92 Å². The molecule has 0 aromatic rings. The molecule has 3 nitrogen and oxygen atoms in total. The quantitative estimate of drug-likeness (QED) is 0.737. The van der Waals surface area contributed by atoms with Gasteiger partial charge >= 0.3 is 0 Å². The molecule has 1 aliphatic rings. The summed E-state index contributed by atoms with van der Waals surface area (Å²) < 4.78 is 6.17. The van der Waals surface area contributed by atoms with E-state index >= 15 is 0 Å². The zero-order valence-corrected chi connectivity index (χ0v) is 12.5. The van der Waals surface area contributed by atoms with Gasteiger partial charge in [-0.3, -0.25) is 0 Å². The van der Waals surface area contributed by atoms with Gasteiger partial charge in [-0.25, -0.2) is 0 Å². The van der Waals surface area contributed by atoms with Crippen LogP contribution in [0.15, 0.2) is 0 Å². The van der Waals surface area contributed by atoms with Crippen LogP contribution in [0.3, 0.4) is 0 Å². The van der Waals surface area contributed by atoms with Crippen molar-refractivity contribution in [2.75, 3.05) is 13.7 Å². The van der Waals surface area contributed by atoms with Crippen LogP contribution in [0.2, 0.25) is 0 Å². The van der Waals surface area contributed by atoms with E-state index in [1.54, 1.807) is 0 Å². The van der Waals surface area contributed by atoms with Gasteiger partial charge in [0.1, 0.15) is 0 Å². The Morgan fingerprint density at radius 3 is 2.72 bits per heavy atom. The van der Waals surface area contributed by atoms with E-state index < -0.39 is 0 Å². The van der Waals surface area contributed by atoms with Gasteiger partial charge in [0.25, 0.3) is 0 Å². The third-order valence-corrected chi connectivity index (χ3v) is 4.43. The summed E-state index contributed by atoms with van der Waals surface area (Å²) in [7, 11) is 1.90. The van der Waals surface area contributed by atoms with Gasteiger partial charge in [-0.05, 0) is 46.1 Å². The molecule has 0 radical (unpaired) electrons. The molecule has 4 atom stereocenters. The molecular formula is C15H31NO2. The van der Waals surface area contributed by atoms with Crippen molar-refractivity contribution in [1.82, 2.24) is 5.32 Å². The summed E-state index contributed by atoms with van der Waals surface area (Å²) in [4.78, 5) is 0. The van der Waals surface area contributed by atoms with E-state index in [0.29, 0.717) is 6.10 Å². The summed E-state index contributed by atoms with van der Waals surface area (Å²) in [6.45, 7) is 6.60. The molecule has 1 rings (SSSR count). The average Bonchev–Trinajstić information content (AvgIpc) is 2.38. The Balaban J connectivity index is 2.37. The molecule has 0 heterocycles. The molecule has 4 unspecified atom stereocenters. The predicted molar refractivity (Wildman–Crippen MR) is 75.8 cm³/mol. The highest BCUT2D eigenvalue weighted by Gasteiger charge is 2.27. The minimum absolute atomic E-state index is 0.152.